The Bertz CT molecular complexity index is 1040. The van der Waals surface area contributed by atoms with Crippen molar-refractivity contribution in [3.05, 3.63) is 80.7 Å². The predicted octanol–water partition coefficient (Wildman–Crippen LogP) is 4.76. The Balaban J connectivity index is 1.77. The van der Waals surface area contributed by atoms with Crippen molar-refractivity contribution in [2.24, 2.45) is 0 Å². The van der Waals surface area contributed by atoms with Crippen LogP contribution in [0, 0.1) is 6.92 Å². The van der Waals surface area contributed by atoms with E-state index in [0.717, 1.165) is 45.4 Å². The Labute approximate surface area is 178 Å². The summed E-state index contributed by atoms with van der Waals surface area (Å²) in [7, 11) is 0. The molecule has 0 saturated heterocycles. The average Bonchev–Trinajstić information content (AvgIpc) is 2.69. The molecule has 1 aromatic heterocycles. The maximum absolute atomic E-state index is 13.3. The van der Waals surface area contributed by atoms with Gasteiger partial charge < -0.3 is 10.6 Å². The molecule has 0 fully saturated rings. The van der Waals surface area contributed by atoms with Gasteiger partial charge in [-0.1, -0.05) is 29.8 Å². The number of benzene rings is 1. The van der Waals surface area contributed by atoms with E-state index < -0.39 is 0 Å². The number of hydrogen-bond acceptors (Lipinski definition) is 4. The Hall–Kier alpha value is -2.73. The van der Waals surface area contributed by atoms with E-state index >= 15 is 0 Å². The zero-order chi connectivity index (χ0) is 20.5. The molecule has 1 amide bonds. The largest absolute Gasteiger partial charge is 0.362 e. The highest BCUT2D eigenvalue weighted by Crippen LogP contribution is 2.42. The molecule has 6 heteroatoms. The molecular formula is C23H22BrN3O2. The van der Waals surface area contributed by atoms with Crippen LogP contribution in [0.1, 0.15) is 43.2 Å². The molecular weight excluding hydrogens is 430 g/mol. The van der Waals surface area contributed by atoms with Crippen molar-refractivity contribution in [2.45, 2.75) is 39.0 Å². The van der Waals surface area contributed by atoms with Crippen LogP contribution >= 0.6 is 15.9 Å². The second kappa shape index (κ2) is 7.95. The SMILES string of the molecule is CC1=C(C(=O)Nc2ccc(Br)cn2)[C@H](c2ccc(C)cc2)C2=C(CCCC2=O)N1. The molecule has 1 aliphatic heterocycles. The number of anilines is 1. The number of pyridine rings is 1. The van der Waals surface area contributed by atoms with Gasteiger partial charge in [0, 0.05) is 45.5 Å². The number of aromatic nitrogens is 1. The molecule has 2 aromatic rings. The van der Waals surface area contributed by atoms with Crippen LogP contribution in [0.2, 0.25) is 0 Å². The smallest absolute Gasteiger partial charge is 0.255 e. The molecule has 148 valence electrons. The summed E-state index contributed by atoms with van der Waals surface area (Å²) in [5.41, 5.74) is 5.10. The number of rotatable bonds is 3. The molecule has 1 aliphatic carbocycles. The van der Waals surface area contributed by atoms with E-state index in [-0.39, 0.29) is 17.6 Å². The van der Waals surface area contributed by atoms with E-state index in [1.807, 2.05) is 44.2 Å². The highest BCUT2D eigenvalue weighted by Gasteiger charge is 2.38. The molecule has 2 aliphatic rings. The zero-order valence-corrected chi connectivity index (χ0v) is 18.0. The van der Waals surface area contributed by atoms with Gasteiger partial charge in [0.2, 0.25) is 0 Å². The van der Waals surface area contributed by atoms with Crippen LogP contribution in [-0.2, 0) is 9.59 Å². The van der Waals surface area contributed by atoms with Crippen molar-refractivity contribution >= 4 is 33.4 Å². The zero-order valence-electron chi connectivity index (χ0n) is 16.4. The fourth-order valence-electron chi connectivity index (χ4n) is 4.01. The number of dihydropyridines is 1. The maximum Gasteiger partial charge on any atom is 0.255 e. The maximum atomic E-state index is 13.3. The van der Waals surface area contributed by atoms with Crippen molar-refractivity contribution < 1.29 is 9.59 Å². The van der Waals surface area contributed by atoms with Crippen molar-refractivity contribution in [1.29, 1.82) is 0 Å². The van der Waals surface area contributed by atoms with Gasteiger partial charge in [0.05, 0.1) is 0 Å². The number of Topliss-reactive ketones (excluding diaryl/α,β-unsaturated/α-hetero) is 1. The summed E-state index contributed by atoms with van der Waals surface area (Å²) >= 11 is 3.35. The molecule has 0 unspecified atom stereocenters. The molecule has 2 N–H and O–H groups in total. The number of carbonyl (C=O) groups is 2. The predicted molar refractivity (Wildman–Crippen MR) is 116 cm³/mol. The minimum absolute atomic E-state index is 0.115. The quantitative estimate of drug-likeness (QED) is 0.705. The summed E-state index contributed by atoms with van der Waals surface area (Å²) in [6, 6.07) is 11.6. The number of ketones is 1. The molecule has 0 bridgehead atoms. The van der Waals surface area contributed by atoms with Crippen LogP contribution in [-0.4, -0.2) is 16.7 Å². The third-order valence-electron chi connectivity index (χ3n) is 5.40. The van der Waals surface area contributed by atoms with Gasteiger partial charge in [-0.2, -0.15) is 0 Å². The number of carbonyl (C=O) groups excluding carboxylic acids is 2. The first-order chi connectivity index (χ1) is 13.9. The standard InChI is InChI=1S/C23H22BrN3O2/c1-13-6-8-15(9-7-13)21-20(23(29)27-19-11-10-16(24)12-25-19)14(2)26-17-4-3-5-18(28)22(17)21/h6-12,21,26H,3-5H2,1-2H3,(H,25,27,29)/t21-/m0/s1. The molecule has 0 spiro atoms. The van der Waals surface area contributed by atoms with Crippen LogP contribution in [0.3, 0.4) is 0 Å². The number of nitrogens with one attached hydrogen (secondary N) is 2. The van der Waals surface area contributed by atoms with Crippen LogP contribution in [0.25, 0.3) is 0 Å². The second-order valence-electron chi connectivity index (χ2n) is 7.49. The second-order valence-corrected chi connectivity index (χ2v) is 8.41. The fourth-order valence-corrected chi connectivity index (χ4v) is 4.24. The fraction of sp³-hybridized carbons (Fsp3) is 0.261. The summed E-state index contributed by atoms with van der Waals surface area (Å²) in [6.45, 7) is 3.92. The van der Waals surface area contributed by atoms with Gasteiger partial charge in [-0.15, -0.1) is 0 Å². The van der Waals surface area contributed by atoms with Crippen LogP contribution < -0.4 is 10.6 Å². The normalized spacial score (nSPS) is 19.0. The van der Waals surface area contributed by atoms with Crippen molar-refractivity contribution in [1.82, 2.24) is 10.3 Å². The minimum Gasteiger partial charge on any atom is -0.362 e. The monoisotopic (exact) mass is 451 g/mol. The molecule has 0 saturated carbocycles. The number of hydrogen-bond donors (Lipinski definition) is 2. The van der Waals surface area contributed by atoms with Crippen molar-refractivity contribution in [2.75, 3.05) is 5.32 Å². The molecule has 1 aromatic carbocycles. The van der Waals surface area contributed by atoms with Gasteiger partial charge in [-0.3, -0.25) is 9.59 Å². The molecule has 1 atom stereocenters. The lowest BCUT2D eigenvalue weighted by atomic mass is 9.75. The lowest BCUT2D eigenvalue weighted by Crippen LogP contribution is -2.35. The summed E-state index contributed by atoms with van der Waals surface area (Å²) in [5.74, 6) is -0.0461. The van der Waals surface area contributed by atoms with E-state index in [1.165, 1.54) is 0 Å². The van der Waals surface area contributed by atoms with Crippen molar-refractivity contribution in [3.8, 4) is 0 Å². The number of aryl methyl sites for hydroxylation is 1. The van der Waals surface area contributed by atoms with Crippen LogP contribution in [0.15, 0.2) is 69.6 Å². The summed E-state index contributed by atoms with van der Waals surface area (Å²) in [6.07, 6.45) is 3.82. The number of allylic oxidation sites excluding steroid dienone is 3. The van der Waals surface area contributed by atoms with Crippen molar-refractivity contribution in [3.63, 3.8) is 0 Å². The Morgan fingerprint density at radius 3 is 2.59 bits per heavy atom. The molecule has 5 nitrogen and oxygen atoms in total. The minimum atomic E-state index is -0.380. The Morgan fingerprint density at radius 2 is 1.90 bits per heavy atom. The van der Waals surface area contributed by atoms with E-state index in [4.69, 9.17) is 0 Å². The van der Waals surface area contributed by atoms with Gasteiger partial charge in [-0.25, -0.2) is 4.98 Å². The lowest BCUT2D eigenvalue weighted by molar-refractivity contribution is -0.116. The Kier molecular flexibility index (Phi) is 5.37. The summed E-state index contributed by atoms with van der Waals surface area (Å²) in [5, 5.41) is 6.22. The highest BCUT2D eigenvalue weighted by atomic mass is 79.9. The number of nitrogens with zero attached hydrogens (tertiary/aromatic N) is 1. The van der Waals surface area contributed by atoms with E-state index in [9.17, 15) is 9.59 Å². The third-order valence-corrected chi connectivity index (χ3v) is 5.87. The first-order valence-electron chi connectivity index (χ1n) is 9.67. The van der Waals surface area contributed by atoms with Gasteiger partial charge >= 0.3 is 0 Å². The molecule has 4 rings (SSSR count). The van der Waals surface area contributed by atoms with Gasteiger partial charge in [0.1, 0.15) is 5.82 Å². The van der Waals surface area contributed by atoms with Crippen LogP contribution in [0.4, 0.5) is 5.82 Å². The Morgan fingerprint density at radius 1 is 1.14 bits per heavy atom. The average molecular weight is 452 g/mol. The van der Waals surface area contributed by atoms with Gasteiger partial charge in [0.15, 0.2) is 5.78 Å². The number of amides is 1. The third kappa shape index (κ3) is 3.90. The van der Waals surface area contributed by atoms with E-state index in [0.29, 0.717) is 17.8 Å². The number of halogens is 1. The molecule has 2 heterocycles. The molecule has 0 radical (unpaired) electrons. The van der Waals surface area contributed by atoms with E-state index in [2.05, 4.69) is 31.5 Å². The molecule has 29 heavy (non-hydrogen) atoms. The van der Waals surface area contributed by atoms with Gasteiger partial charge in [-0.05, 0) is 60.3 Å². The topological polar surface area (TPSA) is 71.1 Å². The summed E-state index contributed by atoms with van der Waals surface area (Å²) in [4.78, 5) is 30.4. The first kappa shape index (κ1) is 19.6. The van der Waals surface area contributed by atoms with E-state index in [1.54, 1.807) is 12.3 Å². The van der Waals surface area contributed by atoms with Crippen LogP contribution in [0.5, 0.6) is 0 Å². The summed E-state index contributed by atoms with van der Waals surface area (Å²) < 4.78 is 0.838. The van der Waals surface area contributed by atoms with Gasteiger partial charge in [0.25, 0.3) is 5.91 Å². The first-order valence-corrected chi connectivity index (χ1v) is 10.5. The highest BCUT2D eigenvalue weighted by molar-refractivity contribution is 9.10. The lowest BCUT2D eigenvalue weighted by Gasteiger charge is -2.34.